The smallest absolute Gasteiger partial charge is 0.326 e. The molecule has 0 aliphatic rings. The molecule has 0 bridgehead atoms. The van der Waals surface area contributed by atoms with E-state index >= 15 is 0 Å². The summed E-state index contributed by atoms with van der Waals surface area (Å²) in [5.41, 5.74) is -0.155. The van der Waals surface area contributed by atoms with E-state index < -0.39 is 36.0 Å². The van der Waals surface area contributed by atoms with Crippen LogP contribution in [0, 0.1) is 11.6 Å². The van der Waals surface area contributed by atoms with Crippen molar-refractivity contribution in [1.82, 2.24) is 10.2 Å². The molecule has 2 N–H and O–H groups in total. The number of carboxylic acids is 1. The van der Waals surface area contributed by atoms with Gasteiger partial charge in [0.2, 0.25) is 11.8 Å². The minimum atomic E-state index is -1.24. The van der Waals surface area contributed by atoms with E-state index in [2.05, 4.69) is 5.32 Å². The van der Waals surface area contributed by atoms with E-state index in [0.717, 1.165) is 23.1 Å². The molecule has 1 rings (SSSR count). The van der Waals surface area contributed by atoms with Gasteiger partial charge < -0.3 is 15.3 Å². The molecule has 1 atom stereocenters. The number of carbonyl (C=O) groups excluding carboxylic acids is 2. The Balaban J connectivity index is 2.87. The molecule has 1 aromatic carbocycles. The molecular weight excluding hydrogens is 310 g/mol. The second-order valence-corrected chi connectivity index (χ2v) is 5.00. The number of nitrogens with one attached hydrogen (secondary N) is 1. The van der Waals surface area contributed by atoms with Crippen molar-refractivity contribution in [3.63, 3.8) is 0 Å². The summed E-state index contributed by atoms with van der Waals surface area (Å²) in [5, 5.41) is 11.5. The lowest BCUT2D eigenvalue weighted by Gasteiger charge is -2.26. The molecule has 6 nitrogen and oxygen atoms in total. The van der Waals surface area contributed by atoms with Gasteiger partial charge in [0.05, 0.1) is 6.42 Å². The average Bonchev–Trinajstić information content (AvgIpc) is 2.46. The zero-order valence-corrected chi connectivity index (χ0v) is 12.8. The van der Waals surface area contributed by atoms with Crippen molar-refractivity contribution in [1.29, 1.82) is 0 Å². The normalized spacial score (nSPS) is 11.7. The van der Waals surface area contributed by atoms with Crippen molar-refractivity contribution in [3.8, 4) is 0 Å². The minimum Gasteiger partial charge on any atom is -0.480 e. The van der Waals surface area contributed by atoms with E-state index in [1.165, 1.54) is 13.8 Å². The molecule has 0 aromatic heterocycles. The zero-order valence-electron chi connectivity index (χ0n) is 12.8. The summed E-state index contributed by atoms with van der Waals surface area (Å²) in [5.74, 6) is -3.66. The van der Waals surface area contributed by atoms with Gasteiger partial charge in [0.25, 0.3) is 0 Å². The molecule has 0 spiro atoms. The van der Waals surface area contributed by atoms with Crippen LogP contribution >= 0.6 is 0 Å². The molecule has 23 heavy (non-hydrogen) atoms. The van der Waals surface area contributed by atoms with Gasteiger partial charge in [-0.05, 0) is 25.1 Å². The largest absolute Gasteiger partial charge is 0.480 e. The highest BCUT2D eigenvalue weighted by Crippen LogP contribution is 2.13. The predicted octanol–water partition coefficient (Wildman–Crippen LogP) is 0.945. The second-order valence-electron chi connectivity index (χ2n) is 5.00. The lowest BCUT2D eigenvalue weighted by molar-refractivity contribution is -0.149. The van der Waals surface area contributed by atoms with Crippen molar-refractivity contribution in [2.24, 2.45) is 0 Å². The van der Waals surface area contributed by atoms with Crippen molar-refractivity contribution < 1.29 is 28.3 Å². The summed E-state index contributed by atoms with van der Waals surface area (Å²) in [6, 6.07) is 1.57. The standard InChI is InChI=1S/C15H18F2N2O4/c1-9(15(22)23)19(6-5-18-10(2)20)14(21)8-11-7-12(16)3-4-13(11)17/h3-4,7,9H,5-6,8H2,1-2H3,(H,18,20)(H,22,23). The summed E-state index contributed by atoms with van der Waals surface area (Å²) in [4.78, 5) is 35.2. The topological polar surface area (TPSA) is 86.7 Å². The molecular formula is C15H18F2N2O4. The van der Waals surface area contributed by atoms with Crippen LogP contribution in [0.15, 0.2) is 18.2 Å². The van der Waals surface area contributed by atoms with Crippen molar-refractivity contribution in [2.45, 2.75) is 26.3 Å². The van der Waals surface area contributed by atoms with Crippen LogP contribution in [0.4, 0.5) is 8.78 Å². The summed E-state index contributed by atoms with van der Waals surface area (Å²) in [6.45, 7) is 2.60. The van der Waals surface area contributed by atoms with Crippen LogP contribution in [0.5, 0.6) is 0 Å². The third-order valence-electron chi connectivity index (χ3n) is 3.22. The van der Waals surface area contributed by atoms with Crippen LogP contribution in [0.2, 0.25) is 0 Å². The van der Waals surface area contributed by atoms with Crippen LogP contribution < -0.4 is 5.32 Å². The van der Waals surface area contributed by atoms with E-state index in [1.807, 2.05) is 0 Å². The first-order chi connectivity index (χ1) is 10.7. The van der Waals surface area contributed by atoms with Gasteiger partial charge in [-0.1, -0.05) is 0 Å². The summed E-state index contributed by atoms with van der Waals surface area (Å²) in [6.07, 6.45) is -0.471. The number of amides is 2. The maximum atomic E-state index is 13.6. The molecule has 1 aromatic rings. The lowest BCUT2D eigenvalue weighted by Crippen LogP contribution is -2.47. The number of carbonyl (C=O) groups is 3. The highest BCUT2D eigenvalue weighted by Gasteiger charge is 2.26. The van der Waals surface area contributed by atoms with Gasteiger partial charge in [0.15, 0.2) is 0 Å². The molecule has 0 radical (unpaired) electrons. The summed E-state index contributed by atoms with van der Waals surface area (Å²) >= 11 is 0. The zero-order chi connectivity index (χ0) is 17.6. The maximum absolute atomic E-state index is 13.6. The van der Waals surface area contributed by atoms with Crippen LogP contribution in [-0.2, 0) is 20.8 Å². The van der Waals surface area contributed by atoms with Gasteiger partial charge in [0, 0.05) is 25.6 Å². The van der Waals surface area contributed by atoms with Crippen LogP contribution in [0.1, 0.15) is 19.4 Å². The van der Waals surface area contributed by atoms with Crippen LogP contribution in [-0.4, -0.2) is 46.9 Å². The molecule has 126 valence electrons. The fourth-order valence-electron chi connectivity index (χ4n) is 1.96. The first kappa shape index (κ1) is 18.5. The molecule has 0 aliphatic heterocycles. The number of carboxylic acid groups (broad SMARTS) is 1. The van der Waals surface area contributed by atoms with E-state index in [0.29, 0.717) is 0 Å². The molecule has 1 unspecified atom stereocenters. The SMILES string of the molecule is CC(=O)NCCN(C(=O)Cc1cc(F)ccc1F)C(C)C(=O)O. The van der Waals surface area contributed by atoms with E-state index in [4.69, 9.17) is 5.11 Å². The first-order valence-corrected chi connectivity index (χ1v) is 6.93. The maximum Gasteiger partial charge on any atom is 0.326 e. The van der Waals surface area contributed by atoms with E-state index in [1.54, 1.807) is 0 Å². The van der Waals surface area contributed by atoms with Crippen molar-refractivity contribution >= 4 is 17.8 Å². The number of rotatable bonds is 7. The fourth-order valence-corrected chi connectivity index (χ4v) is 1.96. The average molecular weight is 328 g/mol. The van der Waals surface area contributed by atoms with E-state index in [-0.39, 0.29) is 24.6 Å². The van der Waals surface area contributed by atoms with Gasteiger partial charge in [-0.25, -0.2) is 13.6 Å². The van der Waals surface area contributed by atoms with Gasteiger partial charge in [-0.3, -0.25) is 9.59 Å². The minimum absolute atomic E-state index is 0.0528. The van der Waals surface area contributed by atoms with Crippen LogP contribution in [0.25, 0.3) is 0 Å². The number of aliphatic carboxylic acids is 1. The van der Waals surface area contributed by atoms with Gasteiger partial charge in [0.1, 0.15) is 17.7 Å². The Bertz CT molecular complexity index is 607. The summed E-state index contributed by atoms with van der Waals surface area (Å²) < 4.78 is 26.7. The van der Waals surface area contributed by atoms with Gasteiger partial charge >= 0.3 is 5.97 Å². The Morgan fingerprint density at radius 2 is 1.96 bits per heavy atom. The molecule has 2 amide bonds. The highest BCUT2D eigenvalue weighted by molar-refractivity contribution is 5.85. The molecule has 8 heteroatoms. The lowest BCUT2D eigenvalue weighted by atomic mass is 10.1. The Labute approximate surface area is 132 Å². The number of halogens is 2. The Hall–Kier alpha value is -2.51. The fraction of sp³-hybridized carbons (Fsp3) is 0.400. The third-order valence-corrected chi connectivity index (χ3v) is 3.22. The second kappa shape index (κ2) is 8.21. The highest BCUT2D eigenvalue weighted by atomic mass is 19.1. The predicted molar refractivity (Wildman–Crippen MR) is 77.6 cm³/mol. The molecule has 0 aliphatic carbocycles. The van der Waals surface area contributed by atoms with Gasteiger partial charge in [-0.15, -0.1) is 0 Å². The van der Waals surface area contributed by atoms with Crippen molar-refractivity contribution in [3.05, 3.63) is 35.4 Å². The summed E-state index contributed by atoms with van der Waals surface area (Å²) in [7, 11) is 0. The van der Waals surface area contributed by atoms with Gasteiger partial charge in [-0.2, -0.15) is 0 Å². The van der Waals surface area contributed by atoms with Crippen molar-refractivity contribution in [2.75, 3.05) is 13.1 Å². The number of benzene rings is 1. The molecule has 0 saturated heterocycles. The van der Waals surface area contributed by atoms with E-state index in [9.17, 15) is 23.2 Å². The first-order valence-electron chi connectivity index (χ1n) is 6.93. The molecule has 0 saturated carbocycles. The monoisotopic (exact) mass is 328 g/mol. The molecule has 0 fully saturated rings. The Morgan fingerprint density at radius 1 is 1.30 bits per heavy atom. The van der Waals surface area contributed by atoms with Crippen LogP contribution in [0.3, 0.4) is 0 Å². The third kappa shape index (κ3) is 5.65. The Morgan fingerprint density at radius 3 is 2.52 bits per heavy atom. The quantitative estimate of drug-likeness (QED) is 0.780. The molecule has 0 heterocycles. The number of hydrogen-bond donors (Lipinski definition) is 2. The number of hydrogen-bond acceptors (Lipinski definition) is 3. The number of nitrogens with zero attached hydrogens (tertiary/aromatic N) is 1. The Kier molecular flexibility index (Phi) is 6.62.